The molecule has 0 bridgehead atoms. The normalized spacial score (nSPS) is 15.3. The van der Waals surface area contributed by atoms with E-state index in [0.29, 0.717) is 18.3 Å². The van der Waals surface area contributed by atoms with Crippen molar-refractivity contribution in [1.29, 1.82) is 0 Å². The molecule has 6 heteroatoms. The van der Waals surface area contributed by atoms with Crippen LogP contribution in [-0.4, -0.2) is 40.9 Å². The highest BCUT2D eigenvalue weighted by atomic mass is 32.2. The molecule has 5 nitrogen and oxygen atoms in total. The van der Waals surface area contributed by atoms with Crippen LogP contribution in [0.5, 0.6) is 0 Å². The molecule has 19 heavy (non-hydrogen) atoms. The minimum absolute atomic E-state index is 0.102. The fourth-order valence-electron chi connectivity index (χ4n) is 1.85. The van der Waals surface area contributed by atoms with E-state index < -0.39 is 10.0 Å². The number of hydrogen-bond donors (Lipinski definition) is 2. The Balaban J connectivity index is 1.98. The Hall–Kier alpha value is -1.27. The maximum atomic E-state index is 12.0. The summed E-state index contributed by atoms with van der Waals surface area (Å²) in [5.41, 5.74) is 1.49. The van der Waals surface area contributed by atoms with Gasteiger partial charge in [-0.2, -0.15) is 0 Å². The molecule has 2 N–H and O–H groups in total. The Kier molecular flexibility index (Phi) is 4.31. The van der Waals surface area contributed by atoms with Gasteiger partial charge < -0.3 is 10.2 Å². The van der Waals surface area contributed by atoms with Crippen LogP contribution in [0.25, 0.3) is 0 Å². The molecule has 2 rings (SSSR count). The van der Waals surface area contributed by atoms with Crippen molar-refractivity contribution >= 4 is 21.4 Å². The van der Waals surface area contributed by atoms with Crippen LogP contribution in [0, 0.1) is 0 Å². The first-order chi connectivity index (χ1) is 8.98. The number of benzene rings is 1. The predicted octanol–water partition coefficient (Wildman–Crippen LogP) is 1.25. The Morgan fingerprint density at radius 2 is 1.95 bits per heavy atom. The Morgan fingerprint density at radius 1 is 1.26 bits per heavy atom. The van der Waals surface area contributed by atoms with Gasteiger partial charge in [0, 0.05) is 26.7 Å². The van der Waals surface area contributed by atoms with E-state index in [4.69, 9.17) is 0 Å². The average molecular weight is 283 g/mol. The molecule has 1 aliphatic rings. The van der Waals surface area contributed by atoms with Crippen molar-refractivity contribution in [1.82, 2.24) is 5.32 Å². The zero-order chi connectivity index (χ0) is 13.9. The van der Waals surface area contributed by atoms with E-state index >= 15 is 0 Å². The SMILES string of the molecule is CN(C)c1ccccc1NS(=O)(=O)CCNC1CC1. The van der Waals surface area contributed by atoms with Crippen molar-refractivity contribution in [2.24, 2.45) is 0 Å². The molecule has 0 aliphatic heterocycles. The molecule has 0 saturated heterocycles. The molecule has 1 aliphatic carbocycles. The molecular weight excluding hydrogens is 262 g/mol. The second kappa shape index (κ2) is 5.79. The van der Waals surface area contributed by atoms with E-state index in [1.54, 1.807) is 6.07 Å². The lowest BCUT2D eigenvalue weighted by Crippen LogP contribution is -2.28. The summed E-state index contributed by atoms with van der Waals surface area (Å²) in [6.45, 7) is 0.504. The van der Waals surface area contributed by atoms with Crippen LogP contribution in [0.2, 0.25) is 0 Å². The second-order valence-corrected chi connectivity index (χ2v) is 6.90. The summed E-state index contributed by atoms with van der Waals surface area (Å²) in [5.74, 6) is 0.102. The molecule has 106 valence electrons. The standard InChI is InChI=1S/C13H21N3O2S/c1-16(2)13-6-4-3-5-12(13)15-19(17,18)10-9-14-11-7-8-11/h3-6,11,14-15H,7-10H2,1-2H3. The van der Waals surface area contributed by atoms with Crippen LogP contribution in [0.3, 0.4) is 0 Å². The lowest BCUT2D eigenvalue weighted by Gasteiger charge is -2.18. The number of nitrogens with zero attached hydrogens (tertiary/aromatic N) is 1. The Labute approximate surface area is 115 Å². The zero-order valence-corrected chi connectivity index (χ0v) is 12.2. The van der Waals surface area contributed by atoms with Crippen molar-refractivity contribution in [2.45, 2.75) is 18.9 Å². The maximum absolute atomic E-state index is 12.0. The molecule has 0 unspecified atom stereocenters. The second-order valence-electron chi connectivity index (χ2n) is 5.06. The van der Waals surface area contributed by atoms with Gasteiger partial charge in [-0.05, 0) is 25.0 Å². The molecule has 0 radical (unpaired) electrons. The number of hydrogen-bond acceptors (Lipinski definition) is 4. The van der Waals surface area contributed by atoms with Crippen LogP contribution in [-0.2, 0) is 10.0 Å². The highest BCUT2D eigenvalue weighted by Crippen LogP contribution is 2.24. The van der Waals surface area contributed by atoms with Gasteiger partial charge in [0.15, 0.2) is 0 Å². The van der Waals surface area contributed by atoms with E-state index in [9.17, 15) is 8.42 Å². The summed E-state index contributed by atoms with van der Waals surface area (Å²) in [5, 5.41) is 3.21. The molecule has 1 aromatic rings. The molecule has 1 aromatic carbocycles. The van der Waals surface area contributed by atoms with Gasteiger partial charge in [0.2, 0.25) is 10.0 Å². The Morgan fingerprint density at radius 3 is 2.58 bits per heavy atom. The highest BCUT2D eigenvalue weighted by molar-refractivity contribution is 7.92. The third-order valence-corrected chi connectivity index (χ3v) is 4.30. The first kappa shape index (κ1) is 14.1. The van der Waals surface area contributed by atoms with Gasteiger partial charge in [0.05, 0.1) is 17.1 Å². The average Bonchev–Trinajstić information content (AvgIpc) is 3.12. The smallest absolute Gasteiger partial charge is 0.234 e. The highest BCUT2D eigenvalue weighted by Gasteiger charge is 2.21. The molecule has 1 saturated carbocycles. The molecule has 0 heterocycles. The lowest BCUT2D eigenvalue weighted by atomic mass is 10.2. The van der Waals surface area contributed by atoms with Gasteiger partial charge in [-0.25, -0.2) is 8.42 Å². The van der Waals surface area contributed by atoms with Gasteiger partial charge in [-0.1, -0.05) is 12.1 Å². The quantitative estimate of drug-likeness (QED) is 0.790. The molecule has 0 atom stereocenters. The van der Waals surface area contributed by atoms with Gasteiger partial charge in [-0.3, -0.25) is 4.72 Å². The third kappa shape index (κ3) is 4.40. The van der Waals surface area contributed by atoms with Crippen LogP contribution in [0.4, 0.5) is 11.4 Å². The van der Waals surface area contributed by atoms with Crippen LogP contribution >= 0.6 is 0 Å². The van der Waals surface area contributed by atoms with E-state index in [2.05, 4.69) is 10.0 Å². The van der Waals surface area contributed by atoms with E-state index in [1.807, 2.05) is 37.2 Å². The van der Waals surface area contributed by atoms with Gasteiger partial charge in [0.25, 0.3) is 0 Å². The van der Waals surface area contributed by atoms with Gasteiger partial charge >= 0.3 is 0 Å². The van der Waals surface area contributed by atoms with Crippen LogP contribution < -0.4 is 14.9 Å². The summed E-state index contributed by atoms with van der Waals surface area (Å²) < 4.78 is 26.7. The van der Waals surface area contributed by atoms with Crippen molar-refractivity contribution in [3.63, 3.8) is 0 Å². The van der Waals surface area contributed by atoms with Crippen LogP contribution in [0.1, 0.15) is 12.8 Å². The van der Waals surface area contributed by atoms with Crippen molar-refractivity contribution in [2.75, 3.05) is 36.0 Å². The Bertz CT molecular complexity index is 524. The minimum Gasteiger partial charge on any atom is -0.376 e. The predicted molar refractivity (Wildman–Crippen MR) is 79.2 cm³/mol. The molecule has 0 aromatic heterocycles. The topological polar surface area (TPSA) is 61.4 Å². The van der Waals surface area contributed by atoms with Crippen molar-refractivity contribution < 1.29 is 8.42 Å². The van der Waals surface area contributed by atoms with Gasteiger partial charge in [-0.15, -0.1) is 0 Å². The molecule has 0 amide bonds. The summed E-state index contributed by atoms with van der Waals surface area (Å²) in [6, 6.07) is 7.92. The first-order valence-electron chi connectivity index (χ1n) is 6.48. The fraction of sp³-hybridized carbons (Fsp3) is 0.538. The van der Waals surface area contributed by atoms with Crippen LogP contribution in [0.15, 0.2) is 24.3 Å². The number of anilines is 2. The molecule has 0 spiro atoms. The van der Waals surface area contributed by atoms with Gasteiger partial charge in [0.1, 0.15) is 0 Å². The zero-order valence-electron chi connectivity index (χ0n) is 11.4. The summed E-state index contributed by atoms with van der Waals surface area (Å²) in [7, 11) is 0.484. The number of nitrogens with one attached hydrogen (secondary N) is 2. The summed E-state index contributed by atoms with van der Waals surface area (Å²) >= 11 is 0. The van der Waals surface area contributed by atoms with Crippen molar-refractivity contribution in [3.8, 4) is 0 Å². The van der Waals surface area contributed by atoms with E-state index in [0.717, 1.165) is 18.5 Å². The van der Waals surface area contributed by atoms with E-state index in [-0.39, 0.29) is 5.75 Å². The summed E-state index contributed by atoms with van der Waals surface area (Å²) in [6.07, 6.45) is 2.33. The summed E-state index contributed by atoms with van der Waals surface area (Å²) in [4.78, 5) is 1.89. The lowest BCUT2D eigenvalue weighted by molar-refractivity contribution is 0.595. The third-order valence-electron chi connectivity index (χ3n) is 3.03. The molecule has 1 fully saturated rings. The largest absolute Gasteiger partial charge is 0.376 e. The monoisotopic (exact) mass is 283 g/mol. The number of rotatable bonds is 7. The fourth-order valence-corrected chi connectivity index (χ4v) is 2.85. The first-order valence-corrected chi connectivity index (χ1v) is 8.13. The van der Waals surface area contributed by atoms with Crippen molar-refractivity contribution in [3.05, 3.63) is 24.3 Å². The van der Waals surface area contributed by atoms with E-state index in [1.165, 1.54) is 0 Å². The number of sulfonamides is 1. The minimum atomic E-state index is -3.30. The molecular formula is C13H21N3O2S. The maximum Gasteiger partial charge on any atom is 0.234 e. The number of para-hydroxylation sites is 2.